The molecule has 0 aliphatic heterocycles. The Balaban J connectivity index is 1.89. The molecule has 0 amide bonds. The van der Waals surface area contributed by atoms with Crippen LogP contribution in [0, 0.1) is 6.92 Å². The highest BCUT2D eigenvalue weighted by Crippen LogP contribution is 2.17. The van der Waals surface area contributed by atoms with Crippen LogP contribution in [0.3, 0.4) is 0 Å². The molecule has 0 spiro atoms. The van der Waals surface area contributed by atoms with Gasteiger partial charge >= 0.3 is 0 Å². The third kappa shape index (κ3) is 3.87. The molecule has 0 fully saturated rings. The minimum Gasteiger partial charge on any atom is -0.482 e. The van der Waals surface area contributed by atoms with Crippen molar-refractivity contribution in [1.29, 1.82) is 0 Å². The maximum atomic E-state index is 5.78. The van der Waals surface area contributed by atoms with Gasteiger partial charge in [-0.3, -0.25) is 4.68 Å². The summed E-state index contributed by atoms with van der Waals surface area (Å²) in [6, 6.07) is 2.03. The van der Waals surface area contributed by atoms with Crippen molar-refractivity contribution in [2.24, 2.45) is 0 Å². The zero-order valence-corrected chi connectivity index (χ0v) is 12.5. The van der Waals surface area contributed by atoms with Crippen LogP contribution < -0.4 is 10.1 Å². The van der Waals surface area contributed by atoms with Crippen LogP contribution >= 0.6 is 0 Å². The van der Waals surface area contributed by atoms with E-state index in [0.717, 1.165) is 48.9 Å². The van der Waals surface area contributed by atoms with E-state index in [0.29, 0.717) is 6.61 Å². The summed E-state index contributed by atoms with van der Waals surface area (Å²) in [5.41, 5.74) is 1.16. The van der Waals surface area contributed by atoms with Crippen LogP contribution in [0.1, 0.15) is 37.4 Å². The number of aryl methyl sites for hydroxylation is 2. The minimum absolute atomic E-state index is 0.435. The van der Waals surface area contributed by atoms with Gasteiger partial charge < -0.3 is 14.5 Å². The Labute approximate surface area is 119 Å². The Bertz CT molecular complexity index is 531. The van der Waals surface area contributed by atoms with Crippen LogP contribution in [0.5, 0.6) is 5.75 Å². The van der Waals surface area contributed by atoms with Crippen LogP contribution in [0.4, 0.5) is 0 Å². The molecule has 0 aromatic carbocycles. The lowest BCUT2D eigenvalue weighted by molar-refractivity contribution is 0.264. The first-order valence-electron chi connectivity index (χ1n) is 7.17. The third-order valence-electron chi connectivity index (χ3n) is 3.05. The van der Waals surface area contributed by atoms with Crippen molar-refractivity contribution < 1.29 is 9.15 Å². The number of aromatic nitrogens is 2. The first-order valence-corrected chi connectivity index (χ1v) is 7.17. The van der Waals surface area contributed by atoms with Gasteiger partial charge in [0.2, 0.25) is 0 Å². The maximum Gasteiger partial charge on any atom is 0.157 e. The fourth-order valence-corrected chi connectivity index (χ4v) is 2.00. The van der Waals surface area contributed by atoms with Gasteiger partial charge in [-0.25, -0.2) is 0 Å². The molecule has 2 aromatic heterocycles. The van der Waals surface area contributed by atoms with E-state index >= 15 is 0 Å². The Morgan fingerprint density at radius 2 is 2.25 bits per heavy atom. The fraction of sp³-hybridized carbons (Fsp3) is 0.533. The lowest BCUT2D eigenvalue weighted by Gasteiger charge is -2.01. The van der Waals surface area contributed by atoms with E-state index in [1.165, 1.54) is 0 Å². The zero-order chi connectivity index (χ0) is 14.4. The predicted molar refractivity (Wildman–Crippen MR) is 77.7 cm³/mol. The van der Waals surface area contributed by atoms with Crippen molar-refractivity contribution in [3.63, 3.8) is 0 Å². The summed E-state index contributed by atoms with van der Waals surface area (Å²) in [6.07, 6.45) is 4.72. The van der Waals surface area contributed by atoms with Crippen LogP contribution in [0.25, 0.3) is 0 Å². The van der Waals surface area contributed by atoms with Gasteiger partial charge in [-0.15, -0.1) is 0 Å². The number of rotatable bonds is 8. The fourth-order valence-electron chi connectivity index (χ4n) is 2.00. The summed E-state index contributed by atoms with van der Waals surface area (Å²) in [6.45, 7) is 9.30. The van der Waals surface area contributed by atoms with E-state index in [1.807, 2.05) is 16.9 Å². The molecule has 0 saturated carbocycles. The molecule has 1 N–H and O–H groups in total. The van der Waals surface area contributed by atoms with Crippen LogP contribution in [0.15, 0.2) is 22.9 Å². The number of hydrogen-bond donors (Lipinski definition) is 1. The van der Waals surface area contributed by atoms with E-state index in [9.17, 15) is 0 Å². The van der Waals surface area contributed by atoms with Crippen LogP contribution in [0.2, 0.25) is 0 Å². The Morgan fingerprint density at radius 3 is 3.00 bits per heavy atom. The number of furan rings is 1. The van der Waals surface area contributed by atoms with Crippen molar-refractivity contribution in [2.75, 3.05) is 6.54 Å². The first kappa shape index (κ1) is 14.7. The van der Waals surface area contributed by atoms with Crippen molar-refractivity contribution >= 4 is 0 Å². The van der Waals surface area contributed by atoms with E-state index < -0.39 is 0 Å². The summed E-state index contributed by atoms with van der Waals surface area (Å²) >= 11 is 0. The molecular formula is C15H23N3O2. The molecule has 0 aliphatic carbocycles. The molecular weight excluding hydrogens is 254 g/mol. The van der Waals surface area contributed by atoms with Crippen molar-refractivity contribution in [2.45, 2.75) is 46.9 Å². The van der Waals surface area contributed by atoms with Crippen molar-refractivity contribution in [3.05, 3.63) is 35.5 Å². The van der Waals surface area contributed by atoms with Gasteiger partial charge in [-0.2, -0.15) is 5.10 Å². The molecule has 2 aromatic rings. The summed E-state index contributed by atoms with van der Waals surface area (Å²) in [5.74, 6) is 2.60. The molecule has 110 valence electrons. The Kier molecular flexibility index (Phi) is 5.24. The minimum atomic E-state index is 0.435. The maximum absolute atomic E-state index is 5.78. The standard InChI is InChI=1S/C15H23N3O2/c1-4-6-18-10-14(8-17-18)19-11-13-7-12(3)15(20-13)9-16-5-2/h7-8,10,16H,4-6,9,11H2,1-3H3. The smallest absolute Gasteiger partial charge is 0.157 e. The highest BCUT2D eigenvalue weighted by atomic mass is 16.5. The van der Waals surface area contributed by atoms with E-state index in [-0.39, 0.29) is 0 Å². The topological polar surface area (TPSA) is 52.2 Å². The van der Waals surface area contributed by atoms with Gasteiger partial charge in [0, 0.05) is 6.54 Å². The monoisotopic (exact) mass is 277 g/mol. The molecule has 5 nitrogen and oxygen atoms in total. The highest BCUT2D eigenvalue weighted by molar-refractivity contribution is 5.20. The summed E-state index contributed by atoms with van der Waals surface area (Å²) in [7, 11) is 0. The largest absolute Gasteiger partial charge is 0.482 e. The number of nitrogens with one attached hydrogen (secondary N) is 1. The third-order valence-corrected chi connectivity index (χ3v) is 3.05. The molecule has 0 saturated heterocycles. The second kappa shape index (κ2) is 7.14. The first-order chi connectivity index (χ1) is 9.72. The number of nitrogens with zero attached hydrogens (tertiary/aromatic N) is 2. The predicted octanol–water partition coefficient (Wildman–Crippen LogP) is 2.88. The quantitative estimate of drug-likeness (QED) is 0.806. The van der Waals surface area contributed by atoms with Gasteiger partial charge in [0.15, 0.2) is 5.75 Å². The normalized spacial score (nSPS) is 10.9. The molecule has 2 rings (SSSR count). The van der Waals surface area contributed by atoms with E-state index in [1.54, 1.807) is 6.20 Å². The van der Waals surface area contributed by atoms with Crippen LogP contribution in [-0.2, 0) is 19.7 Å². The lowest BCUT2D eigenvalue weighted by atomic mass is 10.2. The van der Waals surface area contributed by atoms with Crippen molar-refractivity contribution in [3.8, 4) is 5.75 Å². The lowest BCUT2D eigenvalue weighted by Crippen LogP contribution is -2.11. The summed E-state index contributed by atoms with van der Waals surface area (Å²) < 4.78 is 13.4. The number of ether oxygens (including phenoxy) is 1. The summed E-state index contributed by atoms with van der Waals surface area (Å²) in [5, 5.41) is 7.49. The number of hydrogen-bond acceptors (Lipinski definition) is 4. The molecule has 5 heteroatoms. The average Bonchev–Trinajstić information content (AvgIpc) is 3.01. The van der Waals surface area contributed by atoms with Crippen LogP contribution in [-0.4, -0.2) is 16.3 Å². The van der Waals surface area contributed by atoms with Gasteiger partial charge in [0.1, 0.15) is 18.1 Å². The molecule has 20 heavy (non-hydrogen) atoms. The molecule has 0 bridgehead atoms. The Hall–Kier alpha value is -1.75. The van der Waals surface area contributed by atoms with E-state index in [4.69, 9.17) is 9.15 Å². The van der Waals surface area contributed by atoms with Gasteiger partial charge in [-0.1, -0.05) is 13.8 Å². The van der Waals surface area contributed by atoms with Gasteiger partial charge in [0.25, 0.3) is 0 Å². The highest BCUT2D eigenvalue weighted by Gasteiger charge is 2.08. The van der Waals surface area contributed by atoms with Crippen molar-refractivity contribution in [1.82, 2.24) is 15.1 Å². The molecule has 0 atom stereocenters. The van der Waals surface area contributed by atoms with Gasteiger partial charge in [-0.05, 0) is 31.5 Å². The second-order valence-electron chi connectivity index (χ2n) is 4.83. The summed E-state index contributed by atoms with van der Waals surface area (Å²) in [4.78, 5) is 0. The molecule has 0 unspecified atom stereocenters. The average molecular weight is 277 g/mol. The molecule has 0 radical (unpaired) electrons. The molecule has 2 heterocycles. The second-order valence-corrected chi connectivity index (χ2v) is 4.83. The Morgan fingerprint density at radius 1 is 1.40 bits per heavy atom. The molecule has 0 aliphatic rings. The van der Waals surface area contributed by atoms with Gasteiger partial charge in [0.05, 0.1) is 18.9 Å². The SMILES string of the molecule is CCCn1cc(OCc2cc(C)c(CNCC)o2)cn1. The van der Waals surface area contributed by atoms with E-state index in [2.05, 4.69) is 31.2 Å². The zero-order valence-electron chi connectivity index (χ0n) is 12.5.